The molecule has 3 heteroatoms. The summed E-state index contributed by atoms with van der Waals surface area (Å²) in [6, 6.07) is 4.83. The minimum Gasteiger partial charge on any atom is -0.315 e. The molecule has 0 aromatic carbocycles. The van der Waals surface area contributed by atoms with Gasteiger partial charge in [-0.1, -0.05) is 19.4 Å². The molecule has 1 aromatic rings. The first-order valence-electron chi connectivity index (χ1n) is 8.44. The molecule has 21 heavy (non-hydrogen) atoms. The predicted molar refractivity (Wildman–Crippen MR) is 89.7 cm³/mol. The topological polar surface area (TPSA) is 28.2 Å². The highest BCUT2D eigenvalue weighted by Gasteiger charge is 2.35. The van der Waals surface area contributed by atoms with Crippen molar-refractivity contribution in [3.8, 4) is 0 Å². The van der Waals surface area contributed by atoms with E-state index in [2.05, 4.69) is 55.2 Å². The van der Waals surface area contributed by atoms with Crippen LogP contribution in [0.3, 0.4) is 0 Å². The zero-order valence-corrected chi connectivity index (χ0v) is 14.2. The van der Waals surface area contributed by atoms with Crippen LogP contribution < -0.4 is 5.32 Å². The van der Waals surface area contributed by atoms with E-state index >= 15 is 0 Å². The van der Waals surface area contributed by atoms with Gasteiger partial charge < -0.3 is 5.32 Å². The standard InChI is InChI=1S/C18H31N3/c1-5-15-9-10-16(20-14-15)13-17(19-4)18(2,3)21-11-7-6-8-12-21/h9-10,14,17,19H,5-8,11-13H2,1-4H3. The zero-order valence-electron chi connectivity index (χ0n) is 14.2. The van der Waals surface area contributed by atoms with Gasteiger partial charge in [0.2, 0.25) is 0 Å². The maximum absolute atomic E-state index is 4.64. The average molecular weight is 289 g/mol. The minimum absolute atomic E-state index is 0.167. The van der Waals surface area contributed by atoms with Crippen LogP contribution >= 0.6 is 0 Å². The molecule has 1 saturated heterocycles. The number of hydrogen-bond acceptors (Lipinski definition) is 3. The van der Waals surface area contributed by atoms with Crippen LogP contribution in [0.5, 0.6) is 0 Å². The summed E-state index contributed by atoms with van der Waals surface area (Å²) in [5.74, 6) is 0. The van der Waals surface area contributed by atoms with Crippen molar-refractivity contribution >= 4 is 0 Å². The lowest BCUT2D eigenvalue weighted by atomic mass is 9.87. The van der Waals surface area contributed by atoms with Gasteiger partial charge in [-0.15, -0.1) is 0 Å². The number of piperidine rings is 1. The van der Waals surface area contributed by atoms with E-state index in [1.54, 1.807) is 0 Å². The summed E-state index contributed by atoms with van der Waals surface area (Å²) in [5.41, 5.74) is 2.67. The van der Waals surface area contributed by atoms with Crippen molar-refractivity contribution in [1.29, 1.82) is 0 Å². The molecule has 0 aliphatic carbocycles. The molecule has 0 bridgehead atoms. The lowest BCUT2D eigenvalue weighted by Crippen LogP contribution is -2.59. The largest absolute Gasteiger partial charge is 0.315 e. The number of nitrogens with zero attached hydrogens (tertiary/aromatic N) is 2. The molecule has 0 radical (unpaired) electrons. The molecule has 1 fully saturated rings. The summed E-state index contributed by atoms with van der Waals surface area (Å²) in [7, 11) is 2.08. The molecule has 1 aliphatic heterocycles. The molecule has 3 nitrogen and oxygen atoms in total. The number of hydrogen-bond donors (Lipinski definition) is 1. The van der Waals surface area contributed by atoms with Crippen LogP contribution in [0.15, 0.2) is 18.3 Å². The number of likely N-dealkylation sites (N-methyl/N-ethyl adjacent to an activating group) is 1. The molecule has 1 atom stereocenters. The Balaban J connectivity index is 2.06. The Morgan fingerprint density at radius 3 is 2.48 bits per heavy atom. The second kappa shape index (κ2) is 7.37. The van der Waals surface area contributed by atoms with Crippen molar-refractivity contribution in [2.24, 2.45) is 0 Å². The van der Waals surface area contributed by atoms with E-state index in [4.69, 9.17) is 0 Å². The summed E-state index contributed by atoms with van der Waals surface area (Å²) in [4.78, 5) is 7.29. The third-order valence-corrected chi connectivity index (χ3v) is 5.08. The van der Waals surface area contributed by atoms with Crippen molar-refractivity contribution in [1.82, 2.24) is 15.2 Å². The van der Waals surface area contributed by atoms with Gasteiger partial charge in [-0.2, -0.15) is 0 Å². The highest BCUT2D eigenvalue weighted by atomic mass is 15.2. The Kier molecular flexibility index (Phi) is 5.77. The number of nitrogens with one attached hydrogen (secondary N) is 1. The van der Waals surface area contributed by atoms with Gasteiger partial charge in [-0.25, -0.2) is 0 Å². The zero-order chi connectivity index (χ0) is 15.3. The highest BCUT2D eigenvalue weighted by molar-refractivity contribution is 5.15. The third-order valence-electron chi connectivity index (χ3n) is 5.08. The summed E-state index contributed by atoms with van der Waals surface area (Å²) in [6.45, 7) is 9.38. The van der Waals surface area contributed by atoms with E-state index in [1.165, 1.54) is 43.6 Å². The van der Waals surface area contributed by atoms with Gasteiger partial charge in [0, 0.05) is 29.9 Å². The van der Waals surface area contributed by atoms with Crippen LogP contribution in [0.1, 0.15) is 51.3 Å². The van der Waals surface area contributed by atoms with Gasteiger partial charge in [-0.3, -0.25) is 9.88 Å². The van der Waals surface area contributed by atoms with Crippen LogP contribution in [-0.2, 0) is 12.8 Å². The Labute approximate surface area is 130 Å². The van der Waals surface area contributed by atoms with E-state index in [0.29, 0.717) is 6.04 Å². The number of aromatic nitrogens is 1. The second-order valence-electron chi connectivity index (χ2n) is 6.76. The quantitative estimate of drug-likeness (QED) is 0.872. The van der Waals surface area contributed by atoms with Crippen LogP contribution in [0, 0.1) is 0 Å². The predicted octanol–water partition coefficient (Wildman–Crippen LogP) is 3.04. The first kappa shape index (κ1) is 16.4. The first-order chi connectivity index (χ1) is 10.1. The van der Waals surface area contributed by atoms with Crippen LogP contribution in [0.25, 0.3) is 0 Å². The van der Waals surface area contributed by atoms with Gasteiger partial charge in [-0.05, 0) is 64.9 Å². The van der Waals surface area contributed by atoms with Crippen LogP contribution in [-0.4, -0.2) is 41.6 Å². The summed E-state index contributed by atoms with van der Waals surface area (Å²) in [6.07, 6.45) is 8.13. The molecule has 1 aliphatic rings. The molecule has 1 aromatic heterocycles. The SMILES string of the molecule is CCc1ccc(CC(NC)C(C)(C)N2CCCCC2)nc1. The summed E-state index contributed by atoms with van der Waals surface area (Å²) in [5, 5.41) is 3.54. The van der Waals surface area contributed by atoms with E-state index in [1.807, 2.05) is 6.20 Å². The van der Waals surface area contributed by atoms with E-state index < -0.39 is 0 Å². The Bertz CT molecular complexity index is 419. The van der Waals surface area contributed by atoms with Gasteiger partial charge in [0.1, 0.15) is 0 Å². The van der Waals surface area contributed by atoms with Crippen molar-refractivity contribution in [3.63, 3.8) is 0 Å². The fourth-order valence-corrected chi connectivity index (χ4v) is 3.39. The Morgan fingerprint density at radius 2 is 1.95 bits per heavy atom. The fourth-order valence-electron chi connectivity index (χ4n) is 3.39. The van der Waals surface area contributed by atoms with Gasteiger partial charge in [0.25, 0.3) is 0 Å². The fraction of sp³-hybridized carbons (Fsp3) is 0.722. The van der Waals surface area contributed by atoms with Gasteiger partial charge >= 0.3 is 0 Å². The van der Waals surface area contributed by atoms with Crippen molar-refractivity contribution in [3.05, 3.63) is 29.6 Å². The number of rotatable bonds is 6. The van der Waals surface area contributed by atoms with E-state index in [9.17, 15) is 0 Å². The summed E-state index contributed by atoms with van der Waals surface area (Å²) >= 11 is 0. The lowest BCUT2D eigenvalue weighted by molar-refractivity contribution is 0.0632. The van der Waals surface area contributed by atoms with Crippen LogP contribution in [0.2, 0.25) is 0 Å². The molecular weight excluding hydrogens is 258 g/mol. The highest BCUT2D eigenvalue weighted by Crippen LogP contribution is 2.25. The normalized spacial score (nSPS) is 18.7. The molecule has 0 saturated carbocycles. The molecule has 118 valence electrons. The molecule has 2 rings (SSSR count). The molecule has 0 spiro atoms. The minimum atomic E-state index is 0.167. The molecule has 1 unspecified atom stereocenters. The van der Waals surface area contributed by atoms with Crippen molar-refractivity contribution < 1.29 is 0 Å². The molecular formula is C18H31N3. The average Bonchev–Trinajstić information content (AvgIpc) is 2.53. The van der Waals surface area contributed by atoms with E-state index in [0.717, 1.165) is 12.8 Å². The number of likely N-dealkylation sites (tertiary alicyclic amines) is 1. The van der Waals surface area contributed by atoms with E-state index in [-0.39, 0.29) is 5.54 Å². The smallest absolute Gasteiger partial charge is 0.0420 e. The Hall–Kier alpha value is -0.930. The summed E-state index contributed by atoms with van der Waals surface area (Å²) < 4.78 is 0. The van der Waals surface area contributed by atoms with Gasteiger partial charge in [0.05, 0.1) is 0 Å². The van der Waals surface area contributed by atoms with Crippen LogP contribution in [0.4, 0.5) is 0 Å². The lowest BCUT2D eigenvalue weighted by Gasteiger charge is -2.46. The Morgan fingerprint density at radius 1 is 1.24 bits per heavy atom. The molecule has 2 heterocycles. The number of pyridine rings is 1. The third kappa shape index (κ3) is 4.04. The molecule has 0 amide bonds. The second-order valence-corrected chi connectivity index (χ2v) is 6.76. The van der Waals surface area contributed by atoms with Gasteiger partial charge in [0.15, 0.2) is 0 Å². The van der Waals surface area contributed by atoms with Crippen molar-refractivity contribution in [2.45, 2.75) is 64.5 Å². The monoisotopic (exact) mass is 289 g/mol. The number of aryl methyl sites for hydroxylation is 1. The maximum Gasteiger partial charge on any atom is 0.0420 e. The molecule has 1 N–H and O–H groups in total. The maximum atomic E-state index is 4.64. The first-order valence-corrected chi connectivity index (χ1v) is 8.44. The van der Waals surface area contributed by atoms with Crippen molar-refractivity contribution in [2.75, 3.05) is 20.1 Å².